The van der Waals surface area contributed by atoms with Gasteiger partial charge in [0.15, 0.2) is 0 Å². The summed E-state index contributed by atoms with van der Waals surface area (Å²) in [4.78, 5) is 2.44. The number of hydrogen-bond donors (Lipinski definition) is 0. The van der Waals surface area contributed by atoms with Crippen molar-refractivity contribution in [1.29, 1.82) is 0 Å². The maximum Gasteiger partial charge on any atom is 0.0233 e. The molecule has 2 rings (SSSR count). The van der Waals surface area contributed by atoms with Crippen LogP contribution in [0.5, 0.6) is 0 Å². The Morgan fingerprint density at radius 2 is 1.17 bits per heavy atom. The lowest BCUT2D eigenvalue weighted by atomic mass is 9.99. The second-order valence-corrected chi connectivity index (χ2v) is 8.36. The van der Waals surface area contributed by atoms with Gasteiger partial charge < -0.3 is 0 Å². The summed E-state index contributed by atoms with van der Waals surface area (Å²) in [7, 11) is 0. The molecule has 172 valence electrons. The summed E-state index contributed by atoms with van der Waals surface area (Å²) in [6, 6.07) is 17.9. The van der Waals surface area contributed by atoms with Gasteiger partial charge in [-0.05, 0) is 60.0 Å². The maximum atomic E-state index is 2.44. The second-order valence-electron chi connectivity index (χ2n) is 8.36. The van der Waals surface area contributed by atoms with E-state index >= 15 is 0 Å². The van der Waals surface area contributed by atoms with Crippen LogP contribution in [0, 0.1) is 0 Å². The van der Waals surface area contributed by atoms with E-state index in [2.05, 4.69) is 102 Å². The predicted octanol–water partition coefficient (Wildman–Crippen LogP) is 9.08. The van der Waals surface area contributed by atoms with Crippen molar-refractivity contribution in [2.24, 2.45) is 0 Å². The lowest BCUT2D eigenvalue weighted by molar-refractivity contribution is 0.296. The first-order chi connectivity index (χ1) is 13.4. The Balaban J connectivity index is 0. The van der Waals surface area contributed by atoms with E-state index < -0.39 is 0 Å². The van der Waals surface area contributed by atoms with E-state index in [1.165, 1.54) is 41.5 Å². The minimum Gasteiger partial charge on any atom is -0.300 e. The summed E-state index contributed by atoms with van der Waals surface area (Å²) in [6.07, 6.45) is 3.82. The lowest BCUT2D eigenvalue weighted by Gasteiger charge is -2.18. The van der Waals surface area contributed by atoms with Crippen LogP contribution in [-0.2, 0) is 13.0 Å². The van der Waals surface area contributed by atoms with E-state index in [4.69, 9.17) is 0 Å². The molecule has 0 bridgehead atoms. The van der Waals surface area contributed by atoms with Crippen LogP contribution >= 0.6 is 0 Å². The average Bonchev–Trinajstić information content (AvgIpc) is 2.71. The Hall–Kier alpha value is -1.60. The third-order valence-corrected chi connectivity index (χ3v) is 5.36. The molecule has 0 unspecified atom stereocenters. The molecule has 0 aliphatic carbocycles. The topological polar surface area (TPSA) is 3.24 Å². The van der Waals surface area contributed by atoms with Crippen LogP contribution in [0.1, 0.15) is 110 Å². The SMILES string of the molecule is C.C.CCCCc1cccc(C(C)C)c1.CCN(CC)Cc1cccc(C(C)C)c1. The van der Waals surface area contributed by atoms with Crippen LogP contribution in [0.25, 0.3) is 0 Å². The molecular formula is C29H51N. The standard InChI is InChI=1S/C14H23N.C13H20.2CH4/c1-5-15(6-2)11-13-8-7-9-14(10-13)12(3)4;1-4-5-7-12-8-6-9-13(10-12)11(2)3;;/h7-10,12H,5-6,11H2,1-4H3;6,8-11H,4-5,7H2,1-3H3;2*1H4. The fourth-order valence-electron chi connectivity index (χ4n) is 3.24. The second kappa shape index (κ2) is 17.1. The van der Waals surface area contributed by atoms with Crippen molar-refractivity contribution in [2.75, 3.05) is 13.1 Å². The minimum absolute atomic E-state index is 0. The summed E-state index contributed by atoms with van der Waals surface area (Å²) in [5, 5.41) is 0. The first-order valence-electron chi connectivity index (χ1n) is 11.3. The van der Waals surface area contributed by atoms with Crippen molar-refractivity contribution in [1.82, 2.24) is 4.90 Å². The van der Waals surface area contributed by atoms with Crippen LogP contribution in [-0.4, -0.2) is 18.0 Å². The van der Waals surface area contributed by atoms with Gasteiger partial charge in [-0.3, -0.25) is 4.90 Å². The van der Waals surface area contributed by atoms with Crippen LogP contribution < -0.4 is 0 Å². The fourth-order valence-corrected chi connectivity index (χ4v) is 3.24. The van der Waals surface area contributed by atoms with Gasteiger partial charge >= 0.3 is 0 Å². The van der Waals surface area contributed by atoms with Gasteiger partial charge in [0.2, 0.25) is 0 Å². The van der Waals surface area contributed by atoms with Gasteiger partial charge in [0.25, 0.3) is 0 Å². The van der Waals surface area contributed by atoms with E-state index in [-0.39, 0.29) is 14.9 Å². The van der Waals surface area contributed by atoms with Crippen molar-refractivity contribution in [3.63, 3.8) is 0 Å². The third-order valence-electron chi connectivity index (χ3n) is 5.36. The number of hydrogen-bond acceptors (Lipinski definition) is 1. The Kier molecular flexibility index (Phi) is 17.5. The highest BCUT2D eigenvalue weighted by atomic mass is 15.1. The first-order valence-corrected chi connectivity index (χ1v) is 11.3. The lowest BCUT2D eigenvalue weighted by Crippen LogP contribution is -2.22. The molecule has 0 spiro atoms. The summed E-state index contributed by atoms with van der Waals surface area (Å²) < 4.78 is 0. The van der Waals surface area contributed by atoms with Gasteiger partial charge in [0.1, 0.15) is 0 Å². The Labute approximate surface area is 189 Å². The number of benzene rings is 2. The maximum absolute atomic E-state index is 2.44. The molecule has 0 aliphatic heterocycles. The summed E-state index contributed by atoms with van der Waals surface area (Å²) in [5.41, 5.74) is 5.84. The average molecular weight is 414 g/mol. The summed E-state index contributed by atoms with van der Waals surface area (Å²) in [6.45, 7) is 19.0. The predicted molar refractivity (Wildman–Crippen MR) is 140 cm³/mol. The number of rotatable bonds is 9. The minimum atomic E-state index is 0. The van der Waals surface area contributed by atoms with E-state index in [9.17, 15) is 0 Å². The molecule has 1 nitrogen and oxygen atoms in total. The number of aryl methyl sites for hydroxylation is 1. The van der Waals surface area contributed by atoms with Crippen molar-refractivity contribution < 1.29 is 0 Å². The van der Waals surface area contributed by atoms with Gasteiger partial charge in [-0.1, -0.05) is 118 Å². The van der Waals surface area contributed by atoms with Crippen LogP contribution in [0.3, 0.4) is 0 Å². The van der Waals surface area contributed by atoms with Gasteiger partial charge in [-0.15, -0.1) is 0 Å². The molecule has 30 heavy (non-hydrogen) atoms. The first kappa shape index (κ1) is 30.6. The third kappa shape index (κ3) is 11.6. The largest absolute Gasteiger partial charge is 0.300 e. The van der Waals surface area contributed by atoms with Crippen LogP contribution in [0.15, 0.2) is 48.5 Å². The van der Waals surface area contributed by atoms with Crippen molar-refractivity contribution in [3.8, 4) is 0 Å². The zero-order valence-corrected chi connectivity index (χ0v) is 19.5. The van der Waals surface area contributed by atoms with Gasteiger partial charge in [0.05, 0.1) is 0 Å². The summed E-state index contributed by atoms with van der Waals surface area (Å²) in [5.74, 6) is 1.28. The fraction of sp³-hybridized carbons (Fsp3) is 0.586. The molecule has 0 heterocycles. The molecule has 0 atom stereocenters. The number of unbranched alkanes of at least 4 members (excludes halogenated alkanes) is 1. The zero-order valence-electron chi connectivity index (χ0n) is 19.5. The molecule has 2 aromatic rings. The number of nitrogens with zero attached hydrogens (tertiary/aromatic N) is 1. The van der Waals surface area contributed by atoms with E-state index in [0.29, 0.717) is 11.8 Å². The molecule has 0 aromatic heterocycles. The van der Waals surface area contributed by atoms with Crippen molar-refractivity contribution in [2.45, 2.75) is 101 Å². The Morgan fingerprint density at radius 3 is 1.60 bits per heavy atom. The van der Waals surface area contributed by atoms with Crippen LogP contribution in [0.4, 0.5) is 0 Å². The van der Waals surface area contributed by atoms with Crippen molar-refractivity contribution >= 4 is 0 Å². The quantitative estimate of drug-likeness (QED) is 0.396. The zero-order chi connectivity index (χ0) is 20.9. The molecule has 0 amide bonds. The van der Waals surface area contributed by atoms with Gasteiger partial charge in [0, 0.05) is 6.54 Å². The van der Waals surface area contributed by atoms with E-state index in [0.717, 1.165) is 19.6 Å². The van der Waals surface area contributed by atoms with E-state index in [1.54, 1.807) is 0 Å². The molecule has 0 N–H and O–H groups in total. The highest BCUT2D eigenvalue weighted by molar-refractivity contribution is 5.26. The molecule has 0 saturated heterocycles. The van der Waals surface area contributed by atoms with E-state index in [1.807, 2.05) is 0 Å². The molecule has 1 heteroatoms. The highest BCUT2D eigenvalue weighted by Gasteiger charge is 2.03. The Bertz CT molecular complexity index is 653. The molecule has 2 aromatic carbocycles. The molecule has 0 saturated carbocycles. The highest BCUT2D eigenvalue weighted by Crippen LogP contribution is 2.17. The molecule has 0 aliphatic rings. The Morgan fingerprint density at radius 1 is 0.700 bits per heavy atom. The molecule has 0 radical (unpaired) electrons. The summed E-state index contributed by atoms with van der Waals surface area (Å²) >= 11 is 0. The van der Waals surface area contributed by atoms with Crippen molar-refractivity contribution in [3.05, 3.63) is 70.8 Å². The molecule has 0 fully saturated rings. The molecular weight excluding hydrogens is 362 g/mol. The van der Waals surface area contributed by atoms with Gasteiger partial charge in [-0.2, -0.15) is 0 Å². The smallest absolute Gasteiger partial charge is 0.0233 e. The normalized spacial score (nSPS) is 10.3. The van der Waals surface area contributed by atoms with Crippen LogP contribution in [0.2, 0.25) is 0 Å². The monoisotopic (exact) mass is 413 g/mol. The van der Waals surface area contributed by atoms with Gasteiger partial charge in [-0.25, -0.2) is 0 Å².